The van der Waals surface area contributed by atoms with Crippen molar-refractivity contribution in [2.24, 2.45) is 0 Å². The standard InChI is InChI=1S/C33H66O.C3H9N.BrH/c1-3-5-7-9-11-13-15-17-19-21-23-25-27-29-31-33(34)32-30-28-26-24-22-20-18-16-14-12-10-8-6-4-2;1-4(2)3;/h3-32H2,1-2H3;1-3H3;1H. The highest BCUT2D eigenvalue weighted by Gasteiger charge is 2.02. The lowest BCUT2D eigenvalue weighted by Crippen LogP contribution is -1.99. The second-order valence-corrected chi connectivity index (χ2v) is 12.6. The molecule has 0 aromatic heterocycles. The van der Waals surface area contributed by atoms with Gasteiger partial charge < -0.3 is 4.90 Å². The van der Waals surface area contributed by atoms with Crippen LogP contribution in [0.4, 0.5) is 0 Å². The Bertz CT molecular complexity index is 390. The van der Waals surface area contributed by atoms with Crippen LogP contribution in [0.15, 0.2) is 0 Å². The molecule has 0 aliphatic carbocycles. The minimum Gasteiger partial charge on any atom is -0.312 e. The molecule has 0 amide bonds. The average Bonchev–Trinajstić information content (AvgIpc) is 2.88. The minimum absolute atomic E-state index is 0. The van der Waals surface area contributed by atoms with Gasteiger partial charge >= 0.3 is 0 Å². The summed E-state index contributed by atoms with van der Waals surface area (Å²) in [6, 6.07) is 0. The number of halogens is 1. The van der Waals surface area contributed by atoms with E-state index in [-0.39, 0.29) is 17.0 Å². The average molecular weight is 619 g/mol. The first kappa shape index (κ1) is 43.6. The van der Waals surface area contributed by atoms with Crippen molar-refractivity contribution in [2.45, 2.75) is 206 Å². The molecule has 0 heterocycles. The summed E-state index contributed by atoms with van der Waals surface area (Å²) >= 11 is 0. The summed E-state index contributed by atoms with van der Waals surface area (Å²) < 4.78 is 0. The summed E-state index contributed by atoms with van der Waals surface area (Å²) in [5, 5.41) is 0. The van der Waals surface area contributed by atoms with Crippen molar-refractivity contribution in [1.82, 2.24) is 4.90 Å². The molecule has 0 aliphatic heterocycles. The number of unbranched alkanes of at least 4 members (excludes halogenated alkanes) is 26. The van der Waals surface area contributed by atoms with Crippen LogP contribution in [0, 0.1) is 0 Å². The molecule has 0 bridgehead atoms. The summed E-state index contributed by atoms with van der Waals surface area (Å²) in [5.74, 6) is 0.526. The van der Waals surface area contributed by atoms with Gasteiger partial charge in [0.15, 0.2) is 0 Å². The third-order valence-electron chi connectivity index (χ3n) is 7.62. The van der Waals surface area contributed by atoms with Gasteiger partial charge in [-0.2, -0.15) is 0 Å². The Hall–Kier alpha value is 0.110. The summed E-state index contributed by atoms with van der Waals surface area (Å²) in [4.78, 5) is 14.1. The number of hydrogen-bond donors (Lipinski definition) is 0. The van der Waals surface area contributed by atoms with E-state index < -0.39 is 0 Å². The zero-order valence-electron chi connectivity index (χ0n) is 28.0. The quantitative estimate of drug-likeness (QED) is 0.0747. The maximum absolute atomic E-state index is 12.1. The molecule has 0 aromatic carbocycles. The number of ketones is 1. The first-order valence-corrected chi connectivity index (χ1v) is 17.7. The molecular weight excluding hydrogens is 542 g/mol. The van der Waals surface area contributed by atoms with E-state index >= 15 is 0 Å². The van der Waals surface area contributed by atoms with Gasteiger partial charge in [0.25, 0.3) is 0 Å². The maximum atomic E-state index is 12.1. The third-order valence-corrected chi connectivity index (χ3v) is 7.62. The number of hydrogen-bond acceptors (Lipinski definition) is 2. The molecule has 0 fully saturated rings. The summed E-state index contributed by atoms with van der Waals surface area (Å²) in [5.41, 5.74) is 0. The number of carbonyl (C=O) groups excluding carboxylic acids is 1. The second kappa shape index (κ2) is 40.2. The molecule has 0 aromatic rings. The lowest BCUT2D eigenvalue weighted by molar-refractivity contribution is -0.119. The minimum atomic E-state index is 0. The third kappa shape index (κ3) is 48.2. The summed E-state index contributed by atoms with van der Waals surface area (Å²) in [6.07, 6.45) is 40.5. The molecule has 0 rings (SSSR count). The Balaban J connectivity index is -0.00000241. The molecule has 238 valence electrons. The molecule has 0 aliphatic rings. The number of Topliss-reactive ketones (excluding diaryl/α,β-unsaturated/α-hetero) is 1. The van der Waals surface area contributed by atoms with Crippen LogP contribution in [0.2, 0.25) is 0 Å². The van der Waals surface area contributed by atoms with Gasteiger partial charge in [-0.25, -0.2) is 0 Å². The highest BCUT2D eigenvalue weighted by atomic mass is 79.9. The fourth-order valence-electron chi connectivity index (χ4n) is 5.16. The lowest BCUT2D eigenvalue weighted by Gasteiger charge is -2.04. The van der Waals surface area contributed by atoms with Gasteiger partial charge in [-0.15, -0.1) is 17.0 Å². The first-order chi connectivity index (χ1) is 18.5. The van der Waals surface area contributed by atoms with Crippen LogP contribution < -0.4 is 0 Å². The fraction of sp³-hybridized carbons (Fsp3) is 0.972. The van der Waals surface area contributed by atoms with Crippen molar-refractivity contribution in [2.75, 3.05) is 21.1 Å². The Morgan fingerprint density at radius 3 is 0.692 bits per heavy atom. The molecule has 0 saturated heterocycles. The largest absolute Gasteiger partial charge is 0.312 e. The Morgan fingerprint density at radius 1 is 0.359 bits per heavy atom. The monoisotopic (exact) mass is 618 g/mol. The Labute approximate surface area is 259 Å². The predicted molar refractivity (Wildman–Crippen MR) is 185 cm³/mol. The van der Waals surface area contributed by atoms with E-state index in [1.165, 1.54) is 167 Å². The van der Waals surface area contributed by atoms with E-state index in [1.54, 1.807) is 0 Å². The van der Waals surface area contributed by atoms with Gasteiger partial charge in [-0.1, -0.05) is 181 Å². The van der Waals surface area contributed by atoms with E-state index in [0.717, 1.165) is 25.7 Å². The van der Waals surface area contributed by atoms with Crippen molar-refractivity contribution < 1.29 is 4.79 Å². The van der Waals surface area contributed by atoms with Gasteiger partial charge in [0.1, 0.15) is 5.78 Å². The van der Waals surface area contributed by atoms with Crippen molar-refractivity contribution >= 4 is 22.8 Å². The SMILES string of the molecule is Br.CCCCCCCCCCCCCCCCC(=O)CCCCCCCCCCCCCCCC.CN(C)C. The predicted octanol–water partition coefficient (Wildman–Crippen LogP) is 13.1. The number of rotatable bonds is 30. The van der Waals surface area contributed by atoms with Crippen LogP contribution in [-0.2, 0) is 4.79 Å². The van der Waals surface area contributed by atoms with Crippen LogP contribution >= 0.6 is 17.0 Å². The van der Waals surface area contributed by atoms with Gasteiger partial charge in [-0.05, 0) is 34.0 Å². The van der Waals surface area contributed by atoms with E-state index in [4.69, 9.17) is 0 Å². The van der Waals surface area contributed by atoms with Crippen molar-refractivity contribution in [3.63, 3.8) is 0 Å². The van der Waals surface area contributed by atoms with Crippen LogP contribution in [0.5, 0.6) is 0 Å². The smallest absolute Gasteiger partial charge is 0.132 e. The number of nitrogens with zero attached hydrogens (tertiary/aromatic N) is 1. The first-order valence-electron chi connectivity index (χ1n) is 17.7. The van der Waals surface area contributed by atoms with E-state index in [2.05, 4.69) is 13.8 Å². The fourth-order valence-corrected chi connectivity index (χ4v) is 5.16. The second-order valence-electron chi connectivity index (χ2n) is 12.6. The molecular formula is C36H76BrNO. The maximum Gasteiger partial charge on any atom is 0.132 e. The van der Waals surface area contributed by atoms with Gasteiger partial charge in [0.2, 0.25) is 0 Å². The molecule has 0 unspecified atom stereocenters. The Kier molecular flexibility index (Phi) is 45.0. The zero-order valence-corrected chi connectivity index (χ0v) is 29.7. The molecule has 2 nitrogen and oxygen atoms in total. The van der Waals surface area contributed by atoms with Gasteiger partial charge in [0.05, 0.1) is 0 Å². The molecule has 39 heavy (non-hydrogen) atoms. The topological polar surface area (TPSA) is 20.3 Å². The van der Waals surface area contributed by atoms with Crippen LogP contribution in [0.1, 0.15) is 206 Å². The van der Waals surface area contributed by atoms with Crippen LogP contribution in [0.25, 0.3) is 0 Å². The van der Waals surface area contributed by atoms with E-state index in [9.17, 15) is 4.79 Å². The van der Waals surface area contributed by atoms with E-state index in [1.807, 2.05) is 26.0 Å². The summed E-state index contributed by atoms with van der Waals surface area (Å²) in [6.45, 7) is 4.58. The lowest BCUT2D eigenvalue weighted by atomic mass is 10.0. The molecule has 0 N–H and O–H groups in total. The molecule has 0 spiro atoms. The molecule has 3 heteroatoms. The Morgan fingerprint density at radius 2 is 0.513 bits per heavy atom. The molecule has 0 radical (unpaired) electrons. The normalized spacial score (nSPS) is 10.8. The van der Waals surface area contributed by atoms with Crippen molar-refractivity contribution in [3.8, 4) is 0 Å². The van der Waals surface area contributed by atoms with Gasteiger partial charge in [-0.3, -0.25) is 4.79 Å². The summed E-state index contributed by atoms with van der Waals surface area (Å²) in [7, 11) is 6.00. The number of carbonyl (C=O) groups is 1. The van der Waals surface area contributed by atoms with Crippen molar-refractivity contribution in [1.29, 1.82) is 0 Å². The van der Waals surface area contributed by atoms with E-state index in [0.29, 0.717) is 5.78 Å². The van der Waals surface area contributed by atoms with Gasteiger partial charge in [0, 0.05) is 12.8 Å². The molecule has 0 atom stereocenters. The van der Waals surface area contributed by atoms with Crippen LogP contribution in [0.3, 0.4) is 0 Å². The zero-order chi connectivity index (χ0) is 28.4. The van der Waals surface area contributed by atoms with Crippen molar-refractivity contribution in [3.05, 3.63) is 0 Å². The van der Waals surface area contributed by atoms with Crippen LogP contribution in [-0.4, -0.2) is 31.8 Å². The highest BCUT2D eigenvalue weighted by Crippen LogP contribution is 2.15. The highest BCUT2D eigenvalue weighted by molar-refractivity contribution is 8.93. The molecule has 0 saturated carbocycles.